The van der Waals surface area contributed by atoms with E-state index < -0.39 is 0 Å². The number of rotatable bonds is 4. The molecule has 3 N–H and O–H groups in total. The fourth-order valence-electron chi connectivity index (χ4n) is 4.58. The fourth-order valence-corrected chi connectivity index (χ4v) is 5.83. The van der Waals surface area contributed by atoms with Crippen molar-refractivity contribution < 1.29 is 9.84 Å². The molecule has 180 valence electrons. The smallest absolute Gasteiger partial charge is 0.219 e. The maximum absolute atomic E-state index is 9.86. The normalized spacial score (nSPS) is 18.5. The van der Waals surface area contributed by atoms with Crippen LogP contribution in [-0.4, -0.2) is 75.5 Å². The van der Waals surface area contributed by atoms with E-state index in [-0.39, 0.29) is 12.1 Å². The van der Waals surface area contributed by atoms with Gasteiger partial charge >= 0.3 is 0 Å². The second kappa shape index (κ2) is 8.99. The number of aliphatic hydroxyl groups is 1. The van der Waals surface area contributed by atoms with Crippen LogP contribution in [0.1, 0.15) is 12.0 Å². The third-order valence-electron chi connectivity index (χ3n) is 6.49. The molecule has 2 aliphatic heterocycles. The first-order valence-electron chi connectivity index (χ1n) is 11.7. The number of nitrogen functional groups attached to an aromatic ring is 1. The number of aromatic nitrogens is 5. The Kier molecular flexibility index (Phi) is 5.67. The number of hydrogen-bond acceptors (Lipinski definition) is 11. The molecule has 1 unspecified atom stereocenters. The predicted molar refractivity (Wildman–Crippen MR) is 137 cm³/mol. The van der Waals surface area contributed by atoms with Crippen LogP contribution >= 0.6 is 11.3 Å². The van der Waals surface area contributed by atoms with Gasteiger partial charge in [0.25, 0.3) is 0 Å². The summed E-state index contributed by atoms with van der Waals surface area (Å²) in [7, 11) is 0. The zero-order valence-electron chi connectivity index (χ0n) is 19.4. The van der Waals surface area contributed by atoms with E-state index in [0.717, 1.165) is 69.5 Å². The van der Waals surface area contributed by atoms with Crippen molar-refractivity contribution in [2.75, 3.05) is 54.9 Å². The lowest BCUT2D eigenvalue weighted by molar-refractivity contribution is 0.122. The first kappa shape index (κ1) is 22.1. The molecular weight excluding hydrogens is 464 g/mol. The number of pyridine rings is 1. The van der Waals surface area contributed by atoms with Crippen molar-refractivity contribution in [2.45, 2.75) is 19.4 Å². The number of nitrogens with two attached hydrogens (primary N) is 1. The second-order valence-corrected chi connectivity index (χ2v) is 9.85. The number of aliphatic hydroxyl groups excluding tert-OH is 1. The Bertz CT molecular complexity index is 1350. The number of fused-ring (bicyclic) bond motifs is 1. The second-order valence-electron chi connectivity index (χ2n) is 8.83. The van der Waals surface area contributed by atoms with Crippen LogP contribution in [-0.2, 0) is 4.74 Å². The van der Waals surface area contributed by atoms with Gasteiger partial charge in [-0.25, -0.2) is 24.9 Å². The minimum Gasteiger partial charge on any atom is -0.391 e. The molecule has 0 aliphatic carbocycles. The highest BCUT2D eigenvalue weighted by atomic mass is 32.1. The zero-order valence-corrected chi connectivity index (χ0v) is 20.2. The minimum absolute atomic E-state index is 0.219. The van der Waals surface area contributed by atoms with E-state index in [1.165, 1.54) is 0 Å². The van der Waals surface area contributed by atoms with Crippen LogP contribution in [0.25, 0.3) is 32.0 Å². The van der Waals surface area contributed by atoms with Gasteiger partial charge in [-0.1, -0.05) is 0 Å². The maximum Gasteiger partial charge on any atom is 0.219 e. The molecule has 2 saturated heterocycles. The lowest BCUT2D eigenvalue weighted by Gasteiger charge is -2.28. The van der Waals surface area contributed by atoms with Crippen molar-refractivity contribution in [3.8, 4) is 21.8 Å². The van der Waals surface area contributed by atoms with Crippen LogP contribution in [0.15, 0.2) is 30.7 Å². The highest BCUT2D eigenvalue weighted by molar-refractivity contribution is 7.23. The Labute approximate surface area is 206 Å². The van der Waals surface area contributed by atoms with Crippen LogP contribution in [0.2, 0.25) is 0 Å². The van der Waals surface area contributed by atoms with E-state index in [4.69, 9.17) is 25.4 Å². The Morgan fingerprint density at radius 3 is 2.46 bits per heavy atom. The van der Waals surface area contributed by atoms with E-state index >= 15 is 0 Å². The number of β-amino-alcohol motifs (C(OH)–C–C–N with tert-alkyl or cyclic N) is 1. The Morgan fingerprint density at radius 2 is 1.77 bits per heavy atom. The molecule has 4 aromatic rings. The lowest BCUT2D eigenvalue weighted by Crippen LogP contribution is -2.36. The van der Waals surface area contributed by atoms with E-state index in [1.807, 2.05) is 12.3 Å². The summed E-state index contributed by atoms with van der Waals surface area (Å²) >= 11 is 1.69. The van der Waals surface area contributed by atoms with Gasteiger partial charge in [0, 0.05) is 55.2 Å². The monoisotopic (exact) mass is 490 g/mol. The summed E-state index contributed by atoms with van der Waals surface area (Å²) in [4.78, 5) is 28.3. The van der Waals surface area contributed by atoms with Crippen molar-refractivity contribution in [2.24, 2.45) is 0 Å². The molecule has 0 saturated carbocycles. The van der Waals surface area contributed by atoms with Crippen LogP contribution in [0, 0.1) is 6.92 Å². The van der Waals surface area contributed by atoms with Gasteiger partial charge < -0.3 is 25.4 Å². The Hall–Kier alpha value is -3.41. The zero-order chi connectivity index (χ0) is 23.9. The number of hydrogen-bond donors (Lipinski definition) is 2. The molecule has 0 aromatic carbocycles. The fraction of sp³-hybridized carbons (Fsp3) is 0.375. The molecule has 2 aliphatic rings. The number of thiophene rings is 1. The van der Waals surface area contributed by atoms with Gasteiger partial charge in [-0.2, -0.15) is 0 Å². The molecule has 2 fully saturated rings. The first-order valence-corrected chi connectivity index (χ1v) is 12.5. The van der Waals surface area contributed by atoms with Crippen LogP contribution in [0.3, 0.4) is 0 Å². The highest BCUT2D eigenvalue weighted by Gasteiger charge is 2.24. The number of aryl methyl sites for hydroxylation is 1. The van der Waals surface area contributed by atoms with Gasteiger partial charge in [-0.05, 0) is 31.0 Å². The first-order chi connectivity index (χ1) is 17.1. The standard InChI is InChI=1S/C24H26N8O2S/c1-14-19-21(35-20(14)15-2-3-18(26-10-15)32-5-4-17(33)13-32)23(31-6-8-34-9-7-31)30-22(29-19)16-11-27-24(25)28-12-16/h2-3,10-12,17,33H,4-9,13H2,1H3,(H2,25,27,28). The molecule has 0 amide bonds. The average Bonchev–Trinajstić information content (AvgIpc) is 3.48. The van der Waals surface area contributed by atoms with E-state index in [9.17, 15) is 5.11 Å². The molecule has 4 aromatic heterocycles. The average molecular weight is 491 g/mol. The third-order valence-corrected chi connectivity index (χ3v) is 7.81. The van der Waals surface area contributed by atoms with E-state index in [1.54, 1.807) is 23.7 Å². The highest BCUT2D eigenvalue weighted by Crippen LogP contribution is 2.42. The molecule has 1 atom stereocenters. The van der Waals surface area contributed by atoms with Gasteiger partial charge in [-0.3, -0.25) is 0 Å². The summed E-state index contributed by atoms with van der Waals surface area (Å²) in [6.45, 7) is 6.43. The molecule has 0 radical (unpaired) electrons. The van der Waals surface area contributed by atoms with Crippen molar-refractivity contribution in [3.63, 3.8) is 0 Å². The minimum atomic E-state index is -0.279. The molecule has 10 nitrogen and oxygen atoms in total. The van der Waals surface area contributed by atoms with E-state index in [0.29, 0.717) is 25.6 Å². The predicted octanol–water partition coefficient (Wildman–Crippen LogP) is 2.51. The maximum atomic E-state index is 9.86. The van der Waals surface area contributed by atoms with E-state index in [2.05, 4.69) is 32.8 Å². The van der Waals surface area contributed by atoms with Gasteiger partial charge in [0.05, 0.1) is 35.1 Å². The number of ether oxygens (including phenoxy) is 1. The molecule has 6 heterocycles. The third kappa shape index (κ3) is 4.15. The van der Waals surface area contributed by atoms with Gasteiger partial charge in [0.2, 0.25) is 5.95 Å². The number of nitrogens with zero attached hydrogens (tertiary/aromatic N) is 7. The number of morpholine rings is 1. The lowest BCUT2D eigenvalue weighted by atomic mass is 10.1. The molecule has 35 heavy (non-hydrogen) atoms. The number of anilines is 3. The van der Waals surface area contributed by atoms with Crippen LogP contribution in [0.5, 0.6) is 0 Å². The van der Waals surface area contributed by atoms with Crippen LogP contribution < -0.4 is 15.5 Å². The Morgan fingerprint density at radius 1 is 1.00 bits per heavy atom. The van der Waals surface area contributed by atoms with Gasteiger partial charge in [-0.15, -0.1) is 11.3 Å². The van der Waals surface area contributed by atoms with Crippen molar-refractivity contribution in [3.05, 3.63) is 36.3 Å². The van der Waals surface area contributed by atoms with Gasteiger partial charge in [0.1, 0.15) is 5.82 Å². The topological polar surface area (TPSA) is 126 Å². The van der Waals surface area contributed by atoms with Crippen molar-refractivity contribution in [1.82, 2.24) is 24.9 Å². The Balaban J connectivity index is 1.44. The molecule has 11 heteroatoms. The summed E-state index contributed by atoms with van der Waals surface area (Å²) in [5.74, 6) is 2.59. The van der Waals surface area contributed by atoms with Crippen LogP contribution in [0.4, 0.5) is 17.6 Å². The summed E-state index contributed by atoms with van der Waals surface area (Å²) in [6.07, 6.45) is 5.73. The molecular formula is C24H26N8O2S. The summed E-state index contributed by atoms with van der Waals surface area (Å²) in [5, 5.41) is 9.86. The molecule has 0 spiro atoms. The summed E-state index contributed by atoms with van der Waals surface area (Å²) in [6, 6.07) is 4.13. The van der Waals surface area contributed by atoms with Crippen molar-refractivity contribution in [1.29, 1.82) is 0 Å². The summed E-state index contributed by atoms with van der Waals surface area (Å²) < 4.78 is 6.62. The quantitative estimate of drug-likeness (QED) is 0.440. The summed E-state index contributed by atoms with van der Waals surface area (Å²) in [5.41, 5.74) is 9.46. The van der Waals surface area contributed by atoms with Gasteiger partial charge in [0.15, 0.2) is 11.6 Å². The SMILES string of the molecule is Cc1c(-c2ccc(N3CCC(O)C3)nc2)sc2c(N3CCOCC3)nc(-c3cnc(N)nc3)nc12. The molecule has 0 bridgehead atoms. The largest absolute Gasteiger partial charge is 0.391 e. The molecule has 6 rings (SSSR count). The van der Waals surface area contributed by atoms with Crippen molar-refractivity contribution >= 4 is 39.1 Å².